The number of nitro benzene ring substituents is 1. The molecule has 6 heteroatoms. The summed E-state index contributed by atoms with van der Waals surface area (Å²) in [5.41, 5.74) is 0.697. The summed E-state index contributed by atoms with van der Waals surface area (Å²) in [5.74, 6) is 0. The molecule has 0 amide bonds. The molecule has 2 N–H and O–H groups in total. The van der Waals surface area contributed by atoms with Gasteiger partial charge in [-0.2, -0.15) is 5.26 Å². The van der Waals surface area contributed by atoms with Gasteiger partial charge in [-0.3, -0.25) is 10.1 Å². The number of nitrogens with one attached hydrogen (secondary N) is 2. The highest BCUT2D eigenvalue weighted by atomic mass is 16.6. The number of rotatable bonds is 3. The molecule has 1 aromatic carbocycles. The standard InChI is InChI=1S/C14H16N4O2/c15-8-9-1-2-12(7-14(9)18(19)20)17-13-5-10-3-4-11(6-13)16-10/h1-2,7,10-11,13,16-17H,3-6H2. The number of piperidine rings is 1. The van der Waals surface area contributed by atoms with Crippen molar-refractivity contribution in [3.63, 3.8) is 0 Å². The van der Waals surface area contributed by atoms with Gasteiger partial charge < -0.3 is 10.6 Å². The molecule has 0 spiro atoms. The summed E-state index contributed by atoms with van der Waals surface area (Å²) >= 11 is 0. The van der Waals surface area contributed by atoms with Crippen LogP contribution in [0.4, 0.5) is 11.4 Å². The van der Waals surface area contributed by atoms with Gasteiger partial charge in [-0.25, -0.2) is 0 Å². The third-order valence-corrected chi connectivity index (χ3v) is 4.16. The molecule has 20 heavy (non-hydrogen) atoms. The van der Waals surface area contributed by atoms with Crippen LogP contribution in [0.3, 0.4) is 0 Å². The first-order valence-corrected chi connectivity index (χ1v) is 6.87. The molecular formula is C14H16N4O2. The molecule has 1 aromatic rings. The molecule has 6 nitrogen and oxygen atoms in total. The Morgan fingerprint density at radius 2 is 2.05 bits per heavy atom. The van der Waals surface area contributed by atoms with Crippen LogP contribution in [0.5, 0.6) is 0 Å². The van der Waals surface area contributed by atoms with Crippen molar-refractivity contribution in [2.75, 3.05) is 5.32 Å². The van der Waals surface area contributed by atoms with Crippen LogP contribution >= 0.6 is 0 Å². The Kier molecular flexibility index (Phi) is 3.28. The van der Waals surface area contributed by atoms with E-state index in [1.807, 2.05) is 6.07 Å². The van der Waals surface area contributed by atoms with Crippen LogP contribution in [0.1, 0.15) is 31.2 Å². The summed E-state index contributed by atoms with van der Waals surface area (Å²) < 4.78 is 0. The van der Waals surface area contributed by atoms with Crippen molar-refractivity contribution in [2.24, 2.45) is 0 Å². The first-order valence-electron chi connectivity index (χ1n) is 6.87. The van der Waals surface area contributed by atoms with Crippen LogP contribution in [0.15, 0.2) is 18.2 Å². The lowest BCUT2D eigenvalue weighted by Gasteiger charge is -2.30. The van der Waals surface area contributed by atoms with E-state index in [-0.39, 0.29) is 11.3 Å². The van der Waals surface area contributed by atoms with E-state index in [1.165, 1.54) is 25.0 Å². The zero-order chi connectivity index (χ0) is 14.1. The van der Waals surface area contributed by atoms with E-state index in [1.54, 1.807) is 6.07 Å². The van der Waals surface area contributed by atoms with Crippen molar-refractivity contribution in [1.29, 1.82) is 5.26 Å². The normalized spacial score (nSPS) is 27.9. The first kappa shape index (κ1) is 12.9. The highest BCUT2D eigenvalue weighted by molar-refractivity contribution is 5.59. The zero-order valence-corrected chi connectivity index (χ0v) is 11.0. The minimum absolute atomic E-state index is 0.103. The summed E-state index contributed by atoms with van der Waals surface area (Å²) in [4.78, 5) is 10.5. The molecule has 2 aliphatic heterocycles. The summed E-state index contributed by atoms with van der Waals surface area (Å²) in [7, 11) is 0. The molecule has 2 aliphatic rings. The molecule has 0 aromatic heterocycles. The Labute approximate surface area is 116 Å². The molecule has 3 rings (SSSR count). The number of fused-ring (bicyclic) bond motifs is 2. The number of hydrogen-bond acceptors (Lipinski definition) is 5. The maximum atomic E-state index is 11.0. The Balaban J connectivity index is 1.76. The van der Waals surface area contributed by atoms with Gasteiger partial charge in [-0.05, 0) is 37.8 Å². The van der Waals surface area contributed by atoms with Gasteiger partial charge in [0.1, 0.15) is 11.6 Å². The van der Waals surface area contributed by atoms with E-state index in [2.05, 4.69) is 10.6 Å². The van der Waals surface area contributed by atoms with Crippen LogP contribution in [0.25, 0.3) is 0 Å². The van der Waals surface area contributed by atoms with Crippen molar-refractivity contribution >= 4 is 11.4 Å². The smallest absolute Gasteiger partial charge is 0.289 e. The number of benzene rings is 1. The van der Waals surface area contributed by atoms with Crippen LogP contribution < -0.4 is 10.6 Å². The van der Waals surface area contributed by atoms with E-state index in [0.717, 1.165) is 18.5 Å². The van der Waals surface area contributed by atoms with E-state index >= 15 is 0 Å². The Morgan fingerprint density at radius 1 is 1.35 bits per heavy atom. The maximum Gasteiger partial charge on any atom is 0.289 e. The number of nitriles is 1. The number of anilines is 1. The van der Waals surface area contributed by atoms with Gasteiger partial charge >= 0.3 is 0 Å². The van der Waals surface area contributed by atoms with Crippen LogP contribution in [-0.4, -0.2) is 23.0 Å². The minimum atomic E-state index is -0.504. The fourth-order valence-electron chi connectivity index (χ4n) is 3.28. The van der Waals surface area contributed by atoms with Crippen LogP contribution in [0, 0.1) is 21.4 Å². The van der Waals surface area contributed by atoms with Gasteiger partial charge in [0.25, 0.3) is 5.69 Å². The number of nitro groups is 1. The highest BCUT2D eigenvalue weighted by Crippen LogP contribution is 2.30. The number of hydrogen-bond donors (Lipinski definition) is 2. The second kappa shape index (κ2) is 5.10. The highest BCUT2D eigenvalue weighted by Gasteiger charge is 2.33. The monoisotopic (exact) mass is 272 g/mol. The van der Waals surface area contributed by atoms with Gasteiger partial charge in [0, 0.05) is 29.9 Å². The van der Waals surface area contributed by atoms with Crippen molar-refractivity contribution in [2.45, 2.75) is 43.8 Å². The van der Waals surface area contributed by atoms with E-state index in [4.69, 9.17) is 5.26 Å². The second-order valence-electron chi connectivity index (χ2n) is 5.55. The molecule has 2 saturated heterocycles. The molecule has 0 aliphatic carbocycles. The fourth-order valence-corrected chi connectivity index (χ4v) is 3.28. The van der Waals surface area contributed by atoms with Gasteiger partial charge in [-0.1, -0.05) is 0 Å². The van der Waals surface area contributed by atoms with Gasteiger partial charge in [-0.15, -0.1) is 0 Å². The molecule has 104 valence electrons. The van der Waals surface area contributed by atoms with Crippen LogP contribution in [0.2, 0.25) is 0 Å². The largest absolute Gasteiger partial charge is 0.382 e. The van der Waals surface area contributed by atoms with Crippen molar-refractivity contribution < 1.29 is 4.92 Å². The Morgan fingerprint density at radius 3 is 2.65 bits per heavy atom. The third kappa shape index (κ3) is 2.45. The average molecular weight is 272 g/mol. The van der Waals surface area contributed by atoms with Crippen molar-refractivity contribution in [1.82, 2.24) is 5.32 Å². The molecule has 2 bridgehead atoms. The summed E-state index contributed by atoms with van der Waals surface area (Å²) in [6.07, 6.45) is 4.53. The summed E-state index contributed by atoms with van der Waals surface area (Å²) in [5, 5.41) is 26.8. The second-order valence-corrected chi connectivity index (χ2v) is 5.55. The summed E-state index contributed by atoms with van der Waals surface area (Å²) in [6, 6.07) is 8.06. The first-order chi connectivity index (χ1) is 9.65. The Bertz CT molecular complexity index is 569. The van der Waals surface area contributed by atoms with Crippen molar-refractivity contribution in [3.05, 3.63) is 33.9 Å². The summed E-state index contributed by atoms with van der Waals surface area (Å²) in [6.45, 7) is 0. The number of nitrogens with zero attached hydrogens (tertiary/aromatic N) is 2. The maximum absolute atomic E-state index is 11.0. The SMILES string of the molecule is N#Cc1ccc(NC2CC3CCC(C2)N3)cc1[N+](=O)[O-]. The van der Waals surface area contributed by atoms with E-state index in [9.17, 15) is 10.1 Å². The molecule has 2 heterocycles. The molecule has 2 unspecified atom stereocenters. The molecule has 0 radical (unpaired) electrons. The van der Waals surface area contributed by atoms with Gasteiger partial charge in [0.15, 0.2) is 0 Å². The average Bonchev–Trinajstić information content (AvgIpc) is 2.78. The predicted octanol–water partition coefficient (Wildman–Crippen LogP) is 2.16. The third-order valence-electron chi connectivity index (χ3n) is 4.16. The van der Waals surface area contributed by atoms with Crippen molar-refractivity contribution in [3.8, 4) is 6.07 Å². The van der Waals surface area contributed by atoms with E-state index in [0.29, 0.717) is 18.1 Å². The van der Waals surface area contributed by atoms with Gasteiger partial charge in [0.2, 0.25) is 0 Å². The predicted molar refractivity (Wildman–Crippen MR) is 74.4 cm³/mol. The molecule has 2 fully saturated rings. The minimum Gasteiger partial charge on any atom is -0.382 e. The van der Waals surface area contributed by atoms with E-state index < -0.39 is 4.92 Å². The quantitative estimate of drug-likeness (QED) is 0.650. The molecule has 0 saturated carbocycles. The van der Waals surface area contributed by atoms with Gasteiger partial charge in [0.05, 0.1) is 4.92 Å². The van der Waals surface area contributed by atoms with Crippen LogP contribution in [-0.2, 0) is 0 Å². The Hall–Kier alpha value is -2.13. The molecule has 2 atom stereocenters. The molecular weight excluding hydrogens is 256 g/mol. The fraction of sp³-hybridized carbons (Fsp3) is 0.500. The lowest BCUT2D eigenvalue weighted by atomic mass is 9.99. The topological polar surface area (TPSA) is 91.0 Å². The lowest BCUT2D eigenvalue weighted by Crippen LogP contribution is -2.43. The zero-order valence-electron chi connectivity index (χ0n) is 11.0. The lowest BCUT2D eigenvalue weighted by molar-refractivity contribution is -0.385.